The number of nitrogens with zero attached hydrogens (tertiary/aromatic N) is 1. The molecule has 0 saturated carbocycles. The number of rotatable bonds is 13. The van der Waals surface area contributed by atoms with Crippen LogP contribution in [0.1, 0.15) is 31.7 Å². The number of piperidine rings is 1. The van der Waals surface area contributed by atoms with Gasteiger partial charge < -0.3 is 20.5 Å². The lowest BCUT2D eigenvalue weighted by Crippen LogP contribution is -2.35. The van der Waals surface area contributed by atoms with E-state index in [1.165, 1.54) is 31.1 Å². The second-order valence-electron chi connectivity index (χ2n) is 7.59. The summed E-state index contributed by atoms with van der Waals surface area (Å²) in [5, 5.41) is 2.70. The third kappa shape index (κ3) is 10.3. The number of benzene rings is 1. The van der Waals surface area contributed by atoms with Gasteiger partial charge in [-0.25, -0.2) is 0 Å². The van der Waals surface area contributed by atoms with Crippen LogP contribution in [0.4, 0.5) is 0 Å². The quantitative estimate of drug-likeness (QED) is 0.360. The van der Waals surface area contributed by atoms with E-state index in [0.29, 0.717) is 19.6 Å². The summed E-state index contributed by atoms with van der Waals surface area (Å²) in [7, 11) is 0. The van der Waals surface area contributed by atoms with Gasteiger partial charge in [0.1, 0.15) is 5.75 Å². The molecule has 0 aromatic heterocycles. The molecular formula is C22H35N3O4S. The number of hydrogen-bond donors (Lipinski definition) is 2. The molecule has 0 aliphatic carbocycles. The van der Waals surface area contributed by atoms with E-state index in [1.54, 1.807) is 0 Å². The molecule has 1 aromatic carbocycles. The molecule has 1 unspecified atom stereocenters. The summed E-state index contributed by atoms with van der Waals surface area (Å²) in [5.41, 5.74) is 6.86. The van der Waals surface area contributed by atoms with Crippen LogP contribution in [0, 0.1) is 5.92 Å². The van der Waals surface area contributed by atoms with Crippen molar-refractivity contribution in [3.05, 3.63) is 29.8 Å². The van der Waals surface area contributed by atoms with Gasteiger partial charge in [0.05, 0.1) is 6.61 Å². The Kier molecular flexibility index (Phi) is 11.7. The van der Waals surface area contributed by atoms with Crippen LogP contribution in [0.2, 0.25) is 0 Å². The first-order chi connectivity index (χ1) is 14.6. The number of esters is 1. The Morgan fingerprint density at radius 3 is 3.03 bits per heavy atom. The molecule has 1 saturated heterocycles. The average Bonchev–Trinajstić information content (AvgIpc) is 2.73. The first-order valence-electron chi connectivity index (χ1n) is 10.7. The third-order valence-electron chi connectivity index (χ3n) is 4.84. The predicted molar refractivity (Wildman–Crippen MR) is 121 cm³/mol. The maximum Gasteiger partial charge on any atom is 0.303 e. The Balaban J connectivity index is 1.66. The van der Waals surface area contributed by atoms with Crippen LogP contribution in [0.3, 0.4) is 0 Å². The normalized spacial score (nSPS) is 16.8. The minimum absolute atomic E-state index is 0.235. The Bertz CT molecular complexity index is 659. The van der Waals surface area contributed by atoms with Gasteiger partial charge in [-0.05, 0) is 55.2 Å². The van der Waals surface area contributed by atoms with E-state index in [9.17, 15) is 9.59 Å². The van der Waals surface area contributed by atoms with Gasteiger partial charge in [0.2, 0.25) is 0 Å². The van der Waals surface area contributed by atoms with Gasteiger partial charge in [-0.1, -0.05) is 12.1 Å². The molecule has 8 heteroatoms. The number of thioether (sulfide) groups is 1. The number of nitrogens with two attached hydrogens (primary N) is 1. The number of nitrogens with one attached hydrogen (secondary N) is 1. The molecule has 168 valence electrons. The van der Waals surface area contributed by atoms with Gasteiger partial charge in [0.15, 0.2) is 6.61 Å². The monoisotopic (exact) mass is 437 g/mol. The molecule has 0 spiro atoms. The van der Waals surface area contributed by atoms with E-state index in [-0.39, 0.29) is 12.5 Å². The molecule has 1 atom stereocenters. The lowest BCUT2D eigenvalue weighted by Gasteiger charge is -2.32. The van der Waals surface area contributed by atoms with Gasteiger partial charge in [0.25, 0.3) is 5.91 Å². The van der Waals surface area contributed by atoms with Crippen molar-refractivity contribution in [1.29, 1.82) is 0 Å². The summed E-state index contributed by atoms with van der Waals surface area (Å²) < 4.78 is 10.5. The Labute approximate surface area is 184 Å². The van der Waals surface area contributed by atoms with Crippen LogP contribution in [-0.4, -0.2) is 67.7 Å². The fourth-order valence-corrected chi connectivity index (χ4v) is 4.40. The van der Waals surface area contributed by atoms with Crippen molar-refractivity contribution in [2.24, 2.45) is 11.7 Å². The zero-order valence-corrected chi connectivity index (χ0v) is 18.8. The summed E-state index contributed by atoms with van der Waals surface area (Å²) in [6, 6.07) is 8.25. The smallest absolute Gasteiger partial charge is 0.303 e. The van der Waals surface area contributed by atoms with Crippen molar-refractivity contribution in [3.8, 4) is 5.75 Å². The average molecular weight is 438 g/mol. The standard InChI is InChI=1S/C22H35N3O4S/c1-18(26)29-16-22(27)24-9-4-11-28-21-7-2-5-19(13-21)14-25-10-3-6-20(15-25)17-30-12-8-23/h2,5,7,13,20H,3-4,6,8-12,14-17,23H2,1H3,(H,24,27). The lowest BCUT2D eigenvalue weighted by molar-refractivity contribution is -0.146. The van der Waals surface area contributed by atoms with Crippen LogP contribution in [0.5, 0.6) is 5.75 Å². The van der Waals surface area contributed by atoms with Gasteiger partial charge in [-0.2, -0.15) is 11.8 Å². The minimum Gasteiger partial charge on any atom is -0.494 e. The Hall–Kier alpha value is -1.77. The maximum absolute atomic E-state index is 11.5. The van der Waals surface area contributed by atoms with Crippen molar-refractivity contribution < 1.29 is 19.1 Å². The van der Waals surface area contributed by atoms with Crippen LogP contribution in [0.15, 0.2) is 24.3 Å². The molecule has 1 fully saturated rings. The number of carbonyl (C=O) groups excluding carboxylic acids is 2. The highest BCUT2D eigenvalue weighted by Gasteiger charge is 2.19. The summed E-state index contributed by atoms with van der Waals surface area (Å²) in [6.07, 6.45) is 3.26. The van der Waals surface area contributed by atoms with Crippen LogP contribution in [-0.2, 0) is 20.9 Å². The topological polar surface area (TPSA) is 93.9 Å². The van der Waals surface area contributed by atoms with E-state index in [2.05, 4.69) is 27.1 Å². The SMILES string of the molecule is CC(=O)OCC(=O)NCCCOc1cccc(CN2CCCC(CSCCN)C2)c1. The number of carbonyl (C=O) groups is 2. The van der Waals surface area contributed by atoms with Gasteiger partial charge in [-0.3, -0.25) is 14.5 Å². The van der Waals surface area contributed by atoms with E-state index in [0.717, 1.165) is 43.6 Å². The van der Waals surface area contributed by atoms with Crippen molar-refractivity contribution in [3.63, 3.8) is 0 Å². The molecule has 2 rings (SSSR count). The van der Waals surface area contributed by atoms with Crippen molar-refractivity contribution in [1.82, 2.24) is 10.2 Å². The van der Waals surface area contributed by atoms with Crippen molar-refractivity contribution >= 4 is 23.6 Å². The molecule has 1 heterocycles. The fraction of sp³-hybridized carbons (Fsp3) is 0.636. The van der Waals surface area contributed by atoms with Gasteiger partial charge in [0, 0.05) is 38.9 Å². The Morgan fingerprint density at radius 1 is 1.37 bits per heavy atom. The zero-order valence-electron chi connectivity index (χ0n) is 17.9. The summed E-state index contributed by atoms with van der Waals surface area (Å²) in [5.74, 6) is 3.10. The van der Waals surface area contributed by atoms with Crippen LogP contribution < -0.4 is 15.8 Å². The number of amides is 1. The van der Waals surface area contributed by atoms with Crippen molar-refractivity contribution in [2.75, 3.05) is 50.9 Å². The molecule has 1 amide bonds. The summed E-state index contributed by atoms with van der Waals surface area (Å²) in [4.78, 5) is 24.7. The summed E-state index contributed by atoms with van der Waals surface area (Å²) in [6.45, 7) is 6.04. The molecular weight excluding hydrogens is 402 g/mol. The second kappa shape index (κ2) is 14.3. The third-order valence-corrected chi connectivity index (χ3v) is 6.07. The molecule has 30 heavy (non-hydrogen) atoms. The van der Waals surface area contributed by atoms with E-state index in [4.69, 9.17) is 10.5 Å². The molecule has 3 N–H and O–H groups in total. The molecule has 1 aliphatic heterocycles. The minimum atomic E-state index is -0.459. The van der Waals surface area contributed by atoms with Crippen LogP contribution in [0.25, 0.3) is 0 Å². The van der Waals surface area contributed by atoms with E-state index >= 15 is 0 Å². The maximum atomic E-state index is 11.5. The van der Waals surface area contributed by atoms with Gasteiger partial charge in [-0.15, -0.1) is 0 Å². The predicted octanol–water partition coefficient (Wildman–Crippen LogP) is 2.04. The van der Waals surface area contributed by atoms with Crippen LogP contribution >= 0.6 is 11.8 Å². The highest BCUT2D eigenvalue weighted by Crippen LogP contribution is 2.23. The first-order valence-corrected chi connectivity index (χ1v) is 11.8. The summed E-state index contributed by atoms with van der Waals surface area (Å²) >= 11 is 1.97. The number of hydrogen-bond acceptors (Lipinski definition) is 7. The molecule has 0 bridgehead atoms. The fourth-order valence-electron chi connectivity index (χ4n) is 3.46. The second-order valence-corrected chi connectivity index (χ2v) is 8.74. The highest BCUT2D eigenvalue weighted by atomic mass is 32.2. The lowest BCUT2D eigenvalue weighted by atomic mass is 9.99. The van der Waals surface area contributed by atoms with Gasteiger partial charge >= 0.3 is 5.97 Å². The molecule has 7 nitrogen and oxygen atoms in total. The molecule has 0 radical (unpaired) electrons. The van der Waals surface area contributed by atoms with E-state index < -0.39 is 5.97 Å². The molecule has 1 aromatic rings. The molecule has 1 aliphatic rings. The highest BCUT2D eigenvalue weighted by molar-refractivity contribution is 7.99. The Morgan fingerprint density at radius 2 is 2.23 bits per heavy atom. The largest absolute Gasteiger partial charge is 0.494 e. The first kappa shape index (κ1) is 24.5. The zero-order chi connectivity index (χ0) is 21.6. The van der Waals surface area contributed by atoms with Crippen molar-refractivity contribution in [2.45, 2.75) is 32.7 Å². The number of ether oxygens (including phenoxy) is 2. The number of likely N-dealkylation sites (tertiary alicyclic amines) is 1. The van der Waals surface area contributed by atoms with E-state index in [1.807, 2.05) is 23.9 Å².